The lowest BCUT2D eigenvalue weighted by Crippen LogP contribution is -2.15. The van der Waals surface area contributed by atoms with Gasteiger partial charge in [-0.15, -0.1) is 0 Å². The Morgan fingerprint density at radius 3 is 1.97 bits per heavy atom. The van der Waals surface area contributed by atoms with Gasteiger partial charge in [0.05, 0.1) is 11.1 Å². The maximum atomic E-state index is 12.9. The summed E-state index contributed by atoms with van der Waals surface area (Å²) in [6.45, 7) is 0. The highest BCUT2D eigenvalue weighted by molar-refractivity contribution is 6.02. The van der Waals surface area contributed by atoms with Crippen LogP contribution in [0.5, 0.6) is 0 Å². The van der Waals surface area contributed by atoms with Crippen LogP contribution < -0.4 is 5.32 Å². The van der Waals surface area contributed by atoms with Crippen LogP contribution in [-0.4, -0.2) is 5.91 Å². The first-order valence-electron chi connectivity index (χ1n) is 8.26. The van der Waals surface area contributed by atoms with Gasteiger partial charge in [0.2, 0.25) is 0 Å². The van der Waals surface area contributed by atoms with E-state index >= 15 is 0 Å². The third kappa shape index (κ3) is 5.18. The Kier molecular flexibility index (Phi) is 5.41. The number of furan rings is 1. The largest absolute Gasteiger partial charge is 0.456 e. The van der Waals surface area contributed by atoms with Crippen LogP contribution in [0.4, 0.5) is 32.0 Å². The molecule has 0 aliphatic carbocycles. The van der Waals surface area contributed by atoms with Gasteiger partial charge in [0, 0.05) is 12.1 Å². The molecule has 2 aromatic carbocycles. The maximum absolute atomic E-state index is 12.9. The number of nitrogens with one attached hydrogen (secondary N) is 1. The van der Waals surface area contributed by atoms with Gasteiger partial charge in [0.15, 0.2) is 5.76 Å². The molecule has 0 aliphatic rings. The lowest BCUT2D eigenvalue weighted by Gasteiger charge is -2.14. The number of benzene rings is 2. The van der Waals surface area contributed by atoms with Crippen molar-refractivity contribution in [3.05, 3.63) is 88.9 Å². The first-order chi connectivity index (χ1) is 13.5. The molecule has 0 saturated heterocycles. The summed E-state index contributed by atoms with van der Waals surface area (Å²) in [6, 6.07) is 12.8. The molecule has 0 atom stereocenters. The summed E-state index contributed by atoms with van der Waals surface area (Å²) in [4.78, 5) is 12.2. The van der Waals surface area contributed by atoms with E-state index in [4.69, 9.17) is 4.42 Å². The summed E-state index contributed by atoms with van der Waals surface area (Å²) in [5.74, 6) is -0.778. The van der Waals surface area contributed by atoms with Gasteiger partial charge < -0.3 is 9.73 Å². The van der Waals surface area contributed by atoms with E-state index in [0.29, 0.717) is 24.3 Å². The molecule has 152 valence electrons. The van der Waals surface area contributed by atoms with Gasteiger partial charge in [-0.25, -0.2) is 0 Å². The van der Waals surface area contributed by atoms with Crippen LogP contribution >= 0.6 is 0 Å². The summed E-state index contributed by atoms with van der Waals surface area (Å²) in [7, 11) is 0. The summed E-state index contributed by atoms with van der Waals surface area (Å²) in [5, 5.41) is 2.03. The molecule has 0 saturated carbocycles. The third-order valence-corrected chi connectivity index (χ3v) is 3.95. The normalized spacial score (nSPS) is 12.1. The minimum absolute atomic E-state index is 0.0134. The molecule has 3 nitrogen and oxygen atoms in total. The van der Waals surface area contributed by atoms with Crippen LogP contribution in [0.25, 0.3) is 0 Å². The Hall–Kier alpha value is -3.23. The second kappa shape index (κ2) is 7.65. The zero-order valence-electron chi connectivity index (χ0n) is 14.6. The number of halogens is 6. The van der Waals surface area contributed by atoms with E-state index in [2.05, 4.69) is 0 Å². The van der Waals surface area contributed by atoms with Crippen molar-refractivity contribution < 1.29 is 35.6 Å². The average molecular weight is 413 g/mol. The first-order valence-corrected chi connectivity index (χ1v) is 8.26. The van der Waals surface area contributed by atoms with Gasteiger partial charge in [-0.2, -0.15) is 26.3 Å². The number of carbonyl (C=O) groups excluding carboxylic acids is 1. The second-order valence-corrected chi connectivity index (χ2v) is 6.18. The van der Waals surface area contributed by atoms with Crippen molar-refractivity contribution in [3.63, 3.8) is 0 Å². The average Bonchev–Trinajstić information content (AvgIpc) is 3.09. The maximum Gasteiger partial charge on any atom is 0.416 e. The molecule has 0 bridgehead atoms. The summed E-state index contributed by atoms with van der Waals surface area (Å²) in [5.41, 5.74) is -2.78. The van der Waals surface area contributed by atoms with E-state index in [-0.39, 0.29) is 11.8 Å². The Balaban J connectivity index is 1.82. The van der Waals surface area contributed by atoms with Gasteiger partial charge in [-0.1, -0.05) is 30.3 Å². The molecule has 3 aromatic rings. The Bertz CT molecular complexity index is 974. The van der Waals surface area contributed by atoms with E-state index in [1.165, 1.54) is 12.1 Å². The van der Waals surface area contributed by atoms with Crippen LogP contribution in [0, 0.1) is 0 Å². The molecule has 1 aromatic heterocycles. The van der Waals surface area contributed by atoms with Crippen molar-refractivity contribution in [1.29, 1.82) is 0 Å². The SMILES string of the molecule is O=C(Nc1cc(C(F)(F)F)cc(C(F)(F)F)c1)c1ccc(Cc2ccccc2)o1. The molecular formula is C20H13F6NO2. The molecular weight excluding hydrogens is 400 g/mol. The van der Waals surface area contributed by atoms with Gasteiger partial charge in [0.1, 0.15) is 5.76 Å². The predicted octanol–water partition coefficient (Wildman–Crippen LogP) is 6.16. The van der Waals surface area contributed by atoms with Crippen LogP contribution in [0.15, 0.2) is 65.1 Å². The lowest BCUT2D eigenvalue weighted by molar-refractivity contribution is -0.143. The molecule has 0 unspecified atom stereocenters. The molecule has 29 heavy (non-hydrogen) atoms. The highest BCUT2D eigenvalue weighted by atomic mass is 19.4. The number of anilines is 1. The number of hydrogen-bond acceptors (Lipinski definition) is 2. The smallest absolute Gasteiger partial charge is 0.416 e. The number of amides is 1. The van der Waals surface area contributed by atoms with Gasteiger partial charge >= 0.3 is 12.4 Å². The minimum atomic E-state index is -5.01. The first kappa shape index (κ1) is 20.5. The molecule has 0 aliphatic heterocycles. The number of rotatable bonds is 4. The molecule has 1 N–H and O–H groups in total. The van der Waals surface area contributed by atoms with Crippen molar-refractivity contribution in [2.24, 2.45) is 0 Å². The Labute approximate surface area is 161 Å². The zero-order chi connectivity index (χ0) is 21.2. The van der Waals surface area contributed by atoms with E-state index in [1.807, 2.05) is 35.6 Å². The van der Waals surface area contributed by atoms with Gasteiger partial charge in [0.25, 0.3) is 5.91 Å². The lowest BCUT2D eigenvalue weighted by atomic mass is 10.1. The van der Waals surface area contributed by atoms with Crippen LogP contribution in [0.3, 0.4) is 0 Å². The van der Waals surface area contributed by atoms with Gasteiger partial charge in [-0.05, 0) is 35.9 Å². The van der Waals surface area contributed by atoms with E-state index < -0.39 is 35.1 Å². The van der Waals surface area contributed by atoms with Crippen molar-refractivity contribution in [3.8, 4) is 0 Å². The molecule has 9 heteroatoms. The number of hydrogen-bond donors (Lipinski definition) is 1. The second-order valence-electron chi connectivity index (χ2n) is 6.18. The van der Waals surface area contributed by atoms with Crippen LogP contribution in [-0.2, 0) is 18.8 Å². The van der Waals surface area contributed by atoms with Crippen molar-refractivity contribution in [2.75, 3.05) is 5.32 Å². The van der Waals surface area contributed by atoms with E-state index in [0.717, 1.165) is 5.56 Å². The number of carbonyl (C=O) groups is 1. The minimum Gasteiger partial charge on any atom is -0.456 e. The monoisotopic (exact) mass is 413 g/mol. The highest BCUT2D eigenvalue weighted by Crippen LogP contribution is 2.37. The fraction of sp³-hybridized carbons (Fsp3) is 0.150. The Morgan fingerprint density at radius 2 is 1.41 bits per heavy atom. The molecule has 3 rings (SSSR count). The topological polar surface area (TPSA) is 42.2 Å². The molecule has 0 radical (unpaired) electrons. The Morgan fingerprint density at radius 1 is 0.828 bits per heavy atom. The van der Waals surface area contributed by atoms with E-state index in [9.17, 15) is 31.1 Å². The zero-order valence-corrected chi connectivity index (χ0v) is 14.6. The summed E-state index contributed by atoms with van der Waals surface area (Å²) >= 11 is 0. The fourth-order valence-corrected chi connectivity index (χ4v) is 2.61. The van der Waals surface area contributed by atoms with Crippen LogP contribution in [0.1, 0.15) is 33.0 Å². The number of alkyl halides is 6. The highest BCUT2D eigenvalue weighted by Gasteiger charge is 2.37. The van der Waals surface area contributed by atoms with Crippen LogP contribution in [0.2, 0.25) is 0 Å². The molecule has 0 spiro atoms. The summed E-state index contributed by atoms with van der Waals surface area (Å²) in [6.07, 6.45) is -9.64. The molecule has 0 fully saturated rings. The third-order valence-electron chi connectivity index (χ3n) is 3.95. The van der Waals surface area contributed by atoms with Crippen molar-refractivity contribution in [1.82, 2.24) is 0 Å². The standard InChI is InChI=1S/C20H13F6NO2/c21-19(22,23)13-9-14(20(24,25)26)11-15(10-13)27-18(28)17-7-6-16(29-17)8-12-4-2-1-3-5-12/h1-7,9-11H,8H2,(H,27,28). The molecule has 1 heterocycles. The quantitative estimate of drug-likeness (QED) is 0.521. The molecule has 1 amide bonds. The van der Waals surface area contributed by atoms with Gasteiger partial charge in [-0.3, -0.25) is 4.79 Å². The summed E-state index contributed by atoms with van der Waals surface area (Å²) < 4.78 is 82.8. The van der Waals surface area contributed by atoms with E-state index in [1.54, 1.807) is 0 Å². The van der Waals surface area contributed by atoms with Crippen molar-refractivity contribution >= 4 is 11.6 Å². The fourth-order valence-electron chi connectivity index (χ4n) is 2.61. The predicted molar refractivity (Wildman–Crippen MR) is 92.4 cm³/mol. The van der Waals surface area contributed by atoms with Crippen molar-refractivity contribution in [2.45, 2.75) is 18.8 Å².